The molecule has 0 bridgehead atoms. The van der Waals surface area contributed by atoms with Crippen molar-refractivity contribution in [3.05, 3.63) is 53.1 Å². The normalized spacial score (nSPS) is 18.6. The largest absolute Gasteiger partial charge is 0.345 e. The maximum absolute atomic E-state index is 4.65. The molecular weight excluding hydrogens is 222 g/mol. The number of hydrogen-bond donors (Lipinski definition) is 2. The Hall–Kier alpha value is -1.61. The van der Waals surface area contributed by atoms with Crippen molar-refractivity contribution in [3.8, 4) is 0 Å². The number of fused-ring (bicyclic) bond motifs is 1. The molecule has 3 heteroatoms. The van der Waals surface area contributed by atoms with Crippen molar-refractivity contribution in [2.75, 3.05) is 7.05 Å². The maximum atomic E-state index is 4.65. The molecule has 94 valence electrons. The van der Waals surface area contributed by atoms with E-state index in [-0.39, 0.29) is 0 Å². The molecule has 18 heavy (non-hydrogen) atoms. The first-order chi connectivity index (χ1) is 8.86. The van der Waals surface area contributed by atoms with E-state index in [4.69, 9.17) is 0 Å². The van der Waals surface area contributed by atoms with E-state index in [1.54, 1.807) is 0 Å². The first-order valence-corrected chi connectivity index (χ1v) is 6.63. The van der Waals surface area contributed by atoms with Crippen LogP contribution in [0.5, 0.6) is 0 Å². The van der Waals surface area contributed by atoms with Crippen LogP contribution < -0.4 is 5.32 Å². The van der Waals surface area contributed by atoms with Crippen LogP contribution in [0.15, 0.2) is 30.3 Å². The molecule has 1 aromatic carbocycles. The monoisotopic (exact) mass is 241 g/mol. The molecule has 1 aliphatic rings. The molecule has 0 aliphatic heterocycles. The number of H-pyrrole nitrogens is 1. The van der Waals surface area contributed by atoms with Crippen LogP contribution in [0.4, 0.5) is 0 Å². The van der Waals surface area contributed by atoms with Crippen LogP contribution in [0.2, 0.25) is 0 Å². The van der Waals surface area contributed by atoms with Crippen molar-refractivity contribution in [1.29, 1.82) is 0 Å². The second-order valence-electron chi connectivity index (χ2n) is 4.99. The van der Waals surface area contributed by atoms with Crippen molar-refractivity contribution in [2.24, 2.45) is 0 Å². The summed E-state index contributed by atoms with van der Waals surface area (Å²) in [5, 5.41) is 3.14. The summed E-state index contributed by atoms with van der Waals surface area (Å²) in [6, 6.07) is 10.8. The summed E-state index contributed by atoms with van der Waals surface area (Å²) in [6.45, 7) is 0.822. The van der Waals surface area contributed by atoms with E-state index in [2.05, 4.69) is 45.6 Å². The van der Waals surface area contributed by atoms with E-state index in [0.717, 1.165) is 25.2 Å². The van der Waals surface area contributed by atoms with E-state index in [9.17, 15) is 0 Å². The maximum Gasteiger partial charge on any atom is 0.120 e. The topological polar surface area (TPSA) is 40.7 Å². The van der Waals surface area contributed by atoms with Gasteiger partial charge in [0.15, 0.2) is 0 Å². The molecule has 1 heterocycles. The molecule has 1 aliphatic carbocycles. The molecule has 0 fully saturated rings. The lowest BCUT2D eigenvalue weighted by molar-refractivity contribution is 0.572. The summed E-state index contributed by atoms with van der Waals surface area (Å²) in [6.07, 6.45) is 3.39. The van der Waals surface area contributed by atoms with Gasteiger partial charge >= 0.3 is 0 Å². The van der Waals surface area contributed by atoms with Gasteiger partial charge in [0.1, 0.15) is 5.82 Å². The standard InChI is InChI=1S/C15H19N3/c1-16-10-15-17-13-8-7-12(9-14(13)18-15)11-5-3-2-4-6-11/h2-6,12,16H,7-10H2,1H3,(H,17,18). The molecule has 0 radical (unpaired) electrons. The first-order valence-electron chi connectivity index (χ1n) is 6.63. The van der Waals surface area contributed by atoms with Crippen molar-refractivity contribution >= 4 is 0 Å². The van der Waals surface area contributed by atoms with Crippen LogP contribution in [0.3, 0.4) is 0 Å². The van der Waals surface area contributed by atoms with Gasteiger partial charge in [0.25, 0.3) is 0 Å². The summed E-state index contributed by atoms with van der Waals surface area (Å²) in [5.41, 5.74) is 4.06. The van der Waals surface area contributed by atoms with Gasteiger partial charge in [0, 0.05) is 5.69 Å². The Morgan fingerprint density at radius 2 is 2.17 bits per heavy atom. The molecule has 0 spiro atoms. The Labute approximate surface area is 108 Å². The molecule has 3 nitrogen and oxygen atoms in total. The SMILES string of the molecule is CNCc1nc2c([nH]1)CC(c1ccccc1)CC2. The minimum Gasteiger partial charge on any atom is -0.345 e. The average molecular weight is 241 g/mol. The van der Waals surface area contributed by atoms with Gasteiger partial charge in [0.2, 0.25) is 0 Å². The van der Waals surface area contributed by atoms with Crippen molar-refractivity contribution in [2.45, 2.75) is 31.7 Å². The molecule has 0 saturated heterocycles. The zero-order valence-electron chi connectivity index (χ0n) is 10.7. The van der Waals surface area contributed by atoms with Crippen LogP contribution in [-0.4, -0.2) is 17.0 Å². The molecule has 2 aromatic rings. The minimum atomic E-state index is 0.640. The van der Waals surface area contributed by atoms with Crippen molar-refractivity contribution in [3.63, 3.8) is 0 Å². The number of nitrogens with one attached hydrogen (secondary N) is 2. The van der Waals surface area contributed by atoms with Crippen LogP contribution in [0.1, 0.15) is 35.1 Å². The molecule has 2 N–H and O–H groups in total. The molecule has 0 saturated carbocycles. The second-order valence-corrected chi connectivity index (χ2v) is 4.99. The van der Waals surface area contributed by atoms with E-state index >= 15 is 0 Å². The summed E-state index contributed by atoms with van der Waals surface area (Å²) in [4.78, 5) is 8.11. The predicted molar refractivity (Wildman–Crippen MR) is 72.6 cm³/mol. The van der Waals surface area contributed by atoms with Gasteiger partial charge < -0.3 is 10.3 Å². The fraction of sp³-hybridized carbons (Fsp3) is 0.400. The number of hydrogen-bond acceptors (Lipinski definition) is 2. The van der Waals surface area contributed by atoms with E-state index < -0.39 is 0 Å². The summed E-state index contributed by atoms with van der Waals surface area (Å²) in [5.74, 6) is 1.71. The number of aromatic amines is 1. The molecular formula is C15H19N3. The van der Waals surface area contributed by atoms with E-state index in [1.165, 1.54) is 23.4 Å². The highest BCUT2D eigenvalue weighted by Gasteiger charge is 2.22. The lowest BCUT2D eigenvalue weighted by atomic mass is 9.85. The first kappa shape index (κ1) is 11.5. The molecule has 1 atom stereocenters. The third kappa shape index (κ3) is 2.18. The minimum absolute atomic E-state index is 0.640. The fourth-order valence-corrected chi connectivity index (χ4v) is 2.80. The predicted octanol–water partition coefficient (Wildman–Crippen LogP) is 2.40. The third-order valence-electron chi connectivity index (χ3n) is 3.71. The lowest BCUT2D eigenvalue weighted by Gasteiger charge is -2.21. The summed E-state index contributed by atoms with van der Waals surface area (Å²) in [7, 11) is 1.95. The Kier molecular flexibility index (Phi) is 3.15. The number of aryl methyl sites for hydroxylation is 1. The Balaban J connectivity index is 1.80. The van der Waals surface area contributed by atoms with Gasteiger partial charge in [-0.3, -0.25) is 0 Å². The number of nitrogens with zero attached hydrogens (tertiary/aromatic N) is 1. The number of aromatic nitrogens is 2. The molecule has 3 rings (SSSR count). The van der Waals surface area contributed by atoms with Gasteiger partial charge in [-0.2, -0.15) is 0 Å². The second kappa shape index (κ2) is 4.94. The fourth-order valence-electron chi connectivity index (χ4n) is 2.80. The quantitative estimate of drug-likeness (QED) is 0.866. The van der Waals surface area contributed by atoms with Crippen LogP contribution >= 0.6 is 0 Å². The third-order valence-corrected chi connectivity index (χ3v) is 3.71. The zero-order chi connectivity index (χ0) is 12.4. The molecule has 0 amide bonds. The van der Waals surface area contributed by atoms with Crippen LogP contribution in [-0.2, 0) is 19.4 Å². The Morgan fingerprint density at radius 1 is 1.33 bits per heavy atom. The average Bonchev–Trinajstić information content (AvgIpc) is 2.81. The summed E-state index contributed by atoms with van der Waals surface area (Å²) >= 11 is 0. The number of imidazole rings is 1. The highest BCUT2D eigenvalue weighted by Crippen LogP contribution is 2.31. The highest BCUT2D eigenvalue weighted by atomic mass is 15.0. The van der Waals surface area contributed by atoms with Crippen LogP contribution in [0, 0.1) is 0 Å². The molecule has 1 unspecified atom stereocenters. The number of benzene rings is 1. The van der Waals surface area contributed by atoms with Crippen molar-refractivity contribution < 1.29 is 0 Å². The van der Waals surface area contributed by atoms with Gasteiger partial charge in [-0.25, -0.2) is 4.98 Å². The Morgan fingerprint density at radius 3 is 2.94 bits per heavy atom. The van der Waals surface area contributed by atoms with Crippen molar-refractivity contribution in [1.82, 2.24) is 15.3 Å². The van der Waals surface area contributed by atoms with E-state index in [1.807, 2.05) is 7.05 Å². The van der Waals surface area contributed by atoms with Gasteiger partial charge in [-0.05, 0) is 37.8 Å². The van der Waals surface area contributed by atoms with Crippen LogP contribution in [0.25, 0.3) is 0 Å². The zero-order valence-corrected chi connectivity index (χ0v) is 10.7. The lowest BCUT2D eigenvalue weighted by Crippen LogP contribution is -2.12. The summed E-state index contributed by atoms with van der Waals surface area (Å²) < 4.78 is 0. The van der Waals surface area contributed by atoms with E-state index in [0.29, 0.717) is 5.92 Å². The molecule has 1 aromatic heterocycles. The smallest absolute Gasteiger partial charge is 0.120 e. The van der Waals surface area contributed by atoms with Gasteiger partial charge in [-0.15, -0.1) is 0 Å². The van der Waals surface area contributed by atoms with Gasteiger partial charge in [-0.1, -0.05) is 30.3 Å². The number of rotatable bonds is 3. The van der Waals surface area contributed by atoms with Gasteiger partial charge in [0.05, 0.1) is 12.2 Å². The Bertz CT molecular complexity index is 516. The highest BCUT2D eigenvalue weighted by molar-refractivity contribution is 5.27.